The summed E-state index contributed by atoms with van der Waals surface area (Å²) in [5.41, 5.74) is 2.53. The molecule has 132 valence electrons. The number of allylic oxidation sites excluding steroid dienone is 1. The van der Waals surface area contributed by atoms with Crippen LogP contribution in [0.2, 0.25) is 0 Å². The van der Waals surface area contributed by atoms with E-state index < -0.39 is 0 Å². The van der Waals surface area contributed by atoms with Crippen molar-refractivity contribution in [1.82, 2.24) is 0 Å². The summed E-state index contributed by atoms with van der Waals surface area (Å²) in [5.74, 6) is 0. The lowest BCUT2D eigenvalue weighted by Crippen LogP contribution is -1.69. The first-order valence-corrected chi connectivity index (χ1v) is 9.34. The van der Waals surface area contributed by atoms with Gasteiger partial charge in [-0.3, -0.25) is 0 Å². The Hall–Kier alpha value is -2.38. The number of benzene rings is 2. The molecule has 0 aliphatic heterocycles. The molecule has 3 rings (SSSR count). The predicted molar refractivity (Wildman–Crippen MR) is 120 cm³/mol. The van der Waals surface area contributed by atoms with Gasteiger partial charge in [-0.25, -0.2) is 0 Å². The molecule has 25 heavy (non-hydrogen) atoms. The van der Waals surface area contributed by atoms with E-state index in [0.717, 1.165) is 0 Å². The van der Waals surface area contributed by atoms with Gasteiger partial charge in [0.25, 0.3) is 0 Å². The van der Waals surface area contributed by atoms with Gasteiger partial charge in [-0.1, -0.05) is 99.3 Å². The summed E-state index contributed by atoms with van der Waals surface area (Å²) in [7, 11) is 0. The molecule has 0 fully saturated rings. The average molecular weight is 351 g/mol. The summed E-state index contributed by atoms with van der Waals surface area (Å²) in [5, 5.41) is 1.28. The fourth-order valence-electron chi connectivity index (χ4n) is 1.98. The van der Waals surface area contributed by atoms with Crippen LogP contribution in [0.25, 0.3) is 22.2 Å². The first kappa shape index (κ1) is 22.6. The van der Waals surface area contributed by atoms with Crippen LogP contribution in [0.1, 0.15) is 36.8 Å². The van der Waals surface area contributed by atoms with Crippen molar-refractivity contribution >= 4 is 33.6 Å². The summed E-state index contributed by atoms with van der Waals surface area (Å²) in [4.78, 5) is 1.20. The number of hydrogen-bond donors (Lipinski definition) is 0. The number of hydrogen-bond acceptors (Lipinski definition) is 1. The Bertz CT molecular complexity index is 748. The zero-order chi connectivity index (χ0) is 19.1. The van der Waals surface area contributed by atoms with Gasteiger partial charge < -0.3 is 0 Å². The van der Waals surface area contributed by atoms with Crippen molar-refractivity contribution in [2.75, 3.05) is 0 Å². The Morgan fingerprint density at radius 2 is 1.32 bits per heavy atom. The summed E-state index contributed by atoms with van der Waals surface area (Å²) >= 11 is 1.76. The molecule has 0 aliphatic carbocycles. The molecular weight excluding hydrogens is 320 g/mol. The molecule has 0 saturated carbocycles. The molecule has 0 amide bonds. The first-order valence-electron chi connectivity index (χ1n) is 8.53. The van der Waals surface area contributed by atoms with Crippen LogP contribution >= 0.6 is 11.3 Å². The van der Waals surface area contributed by atoms with Crippen molar-refractivity contribution in [3.63, 3.8) is 0 Å². The quantitative estimate of drug-likeness (QED) is 0.407. The highest BCUT2D eigenvalue weighted by Crippen LogP contribution is 2.32. The van der Waals surface area contributed by atoms with E-state index in [0.29, 0.717) is 0 Å². The van der Waals surface area contributed by atoms with Crippen LogP contribution in [-0.2, 0) is 0 Å². The Balaban J connectivity index is 0.000000406. The minimum atomic E-state index is 1.20. The number of aryl methyl sites for hydroxylation is 1. The van der Waals surface area contributed by atoms with Gasteiger partial charge in [0, 0.05) is 15.0 Å². The molecule has 0 bridgehead atoms. The SMILES string of the molecule is C=CC.C=Cc1sc2ccccc2c1C=C.CC.Cc1ccccc1. The Labute approximate surface area is 157 Å². The monoisotopic (exact) mass is 350 g/mol. The fourth-order valence-corrected chi connectivity index (χ4v) is 3.04. The van der Waals surface area contributed by atoms with Crippen molar-refractivity contribution in [3.05, 3.63) is 96.4 Å². The normalized spacial score (nSPS) is 8.48. The predicted octanol–water partition coefficient (Wildman–Crippen LogP) is 8.40. The highest BCUT2D eigenvalue weighted by atomic mass is 32.1. The maximum atomic E-state index is 3.82. The van der Waals surface area contributed by atoms with Gasteiger partial charge in [-0.05, 0) is 25.5 Å². The molecular formula is C24H30S. The van der Waals surface area contributed by atoms with Crippen LogP contribution < -0.4 is 0 Å². The van der Waals surface area contributed by atoms with E-state index in [1.165, 1.54) is 26.1 Å². The lowest BCUT2D eigenvalue weighted by atomic mass is 10.1. The largest absolute Gasteiger partial charge is 0.135 e. The fraction of sp³-hybridized carbons (Fsp3) is 0.167. The average Bonchev–Trinajstić information content (AvgIpc) is 3.03. The van der Waals surface area contributed by atoms with Crippen LogP contribution in [0.4, 0.5) is 0 Å². The molecule has 0 N–H and O–H groups in total. The van der Waals surface area contributed by atoms with Gasteiger partial charge >= 0.3 is 0 Å². The zero-order valence-electron chi connectivity index (χ0n) is 16.0. The maximum absolute atomic E-state index is 3.82. The van der Waals surface area contributed by atoms with Crippen LogP contribution in [0.5, 0.6) is 0 Å². The van der Waals surface area contributed by atoms with E-state index in [2.05, 4.69) is 63.1 Å². The van der Waals surface area contributed by atoms with Gasteiger partial charge in [0.1, 0.15) is 0 Å². The molecule has 0 unspecified atom stereocenters. The van der Waals surface area contributed by atoms with E-state index in [4.69, 9.17) is 0 Å². The van der Waals surface area contributed by atoms with E-state index in [1.807, 2.05) is 51.1 Å². The van der Waals surface area contributed by atoms with Crippen LogP contribution in [0, 0.1) is 6.92 Å². The smallest absolute Gasteiger partial charge is 0.0355 e. The van der Waals surface area contributed by atoms with Crippen LogP contribution in [-0.4, -0.2) is 0 Å². The number of thiophene rings is 1. The third-order valence-corrected chi connectivity index (χ3v) is 4.17. The zero-order valence-corrected chi connectivity index (χ0v) is 16.8. The lowest BCUT2D eigenvalue weighted by molar-refractivity contribution is 1.48. The first-order chi connectivity index (χ1) is 12.2. The molecule has 0 spiro atoms. The van der Waals surface area contributed by atoms with E-state index >= 15 is 0 Å². The van der Waals surface area contributed by atoms with E-state index in [-0.39, 0.29) is 0 Å². The molecule has 0 nitrogen and oxygen atoms in total. The van der Waals surface area contributed by atoms with Crippen molar-refractivity contribution in [2.24, 2.45) is 0 Å². The Morgan fingerprint density at radius 3 is 1.76 bits per heavy atom. The molecule has 1 aromatic heterocycles. The van der Waals surface area contributed by atoms with E-state index in [1.54, 1.807) is 17.4 Å². The van der Waals surface area contributed by atoms with Crippen molar-refractivity contribution < 1.29 is 0 Å². The minimum Gasteiger partial charge on any atom is -0.135 e. The lowest BCUT2D eigenvalue weighted by Gasteiger charge is -1.90. The van der Waals surface area contributed by atoms with Gasteiger partial charge in [-0.15, -0.1) is 17.9 Å². The summed E-state index contributed by atoms with van der Waals surface area (Å²) in [6.45, 7) is 19.0. The Morgan fingerprint density at radius 1 is 0.800 bits per heavy atom. The second-order valence-electron chi connectivity index (χ2n) is 4.85. The standard InChI is InChI=1S/C12H10S.C7H8.C3H6.C2H6/c1-3-9-10-7-5-6-8-12(10)13-11(9)4-2;1-7-5-3-2-4-6-7;1-3-2;1-2/h3-8H,1-2H2;2-6H,1H3;3H,1H2,2H3;1-2H3. The second-order valence-corrected chi connectivity index (χ2v) is 5.93. The molecule has 1 heteroatoms. The molecule has 1 heterocycles. The van der Waals surface area contributed by atoms with Crippen molar-refractivity contribution in [3.8, 4) is 0 Å². The Kier molecular flexibility index (Phi) is 12.7. The summed E-state index contributed by atoms with van der Waals surface area (Å²) in [6, 6.07) is 18.6. The van der Waals surface area contributed by atoms with Gasteiger partial charge in [-0.2, -0.15) is 0 Å². The molecule has 2 aromatic carbocycles. The molecule has 0 atom stereocenters. The minimum absolute atomic E-state index is 1.20. The molecule has 0 radical (unpaired) electrons. The second kappa shape index (κ2) is 14.0. The van der Waals surface area contributed by atoms with Gasteiger partial charge in [0.2, 0.25) is 0 Å². The molecule has 0 aliphatic rings. The van der Waals surface area contributed by atoms with Crippen LogP contribution in [0.15, 0.2) is 80.4 Å². The van der Waals surface area contributed by atoms with Gasteiger partial charge in [0.15, 0.2) is 0 Å². The van der Waals surface area contributed by atoms with Crippen LogP contribution in [0.3, 0.4) is 0 Å². The number of fused-ring (bicyclic) bond motifs is 1. The topological polar surface area (TPSA) is 0 Å². The third-order valence-electron chi connectivity index (χ3n) is 2.99. The molecule has 3 aromatic rings. The highest BCUT2D eigenvalue weighted by molar-refractivity contribution is 7.20. The van der Waals surface area contributed by atoms with Crippen molar-refractivity contribution in [2.45, 2.75) is 27.7 Å². The summed E-state index contributed by atoms with van der Waals surface area (Å²) in [6.07, 6.45) is 5.54. The van der Waals surface area contributed by atoms with Gasteiger partial charge in [0.05, 0.1) is 0 Å². The maximum Gasteiger partial charge on any atom is 0.0355 e. The number of rotatable bonds is 2. The van der Waals surface area contributed by atoms with Crippen molar-refractivity contribution in [1.29, 1.82) is 0 Å². The third kappa shape index (κ3) is 7.82. The van der Waals surface area contributed by atoms with E-state index in [9.17, 15) is 0 Å². The molecule has 0 saturated heterocycles. The highest BCUT2D eigenvalue weighted by Gasteiger charge is 2.04. The summed E-state index contributed by atoms with van der Waals surface area (Å²) < 4.78 is 1.30.